The summed E-state index contributed by atoms with van der Waals surface area (Å²) in [5.74, 6) is 0. The van der Waals surface area contributed by atoms with Gasteiger partial charge in [0.1, 0.15) is 0 Å². The molecule has 0 aliphatic carbocycles. The normalized spacial score (nSPS) is 9.83. The van der Waals surface area contributed by atoms with Crippen LogP contribution in [0.2, 0.25) is 0 Å². The zero-order valence-corrected chi connectivity index (χ0v) is 7.33. The maximum atomic E-state index is 5.02. The van der Waals surface area contributed by atoms with Gasteiger partial charge in [-0.2, -0.15) is 0 Å². The molecule has 3 heteroatoms. The number of nitrogens with one attached hydrogen (secondary N) is 1. The number of anilines is 1. The van der Waals surface area contributed by atoms with E-state index in [9.17, 15) is 0 Å². The number of hydrogen-bond acceptors (Lipinski definition) is 3. The van der Waals surface area contributed by atoms with Gasteiger partial charge in [-0.15, -0.1) is 0 Å². The Morgan fingerprint density at radius 3 is 2.67 bits per heavy atom. The molecule has 0 spiro atoms. The third-order valence-corrected chi connectivity index (χ3v) is 1.53. The van der Waals surface area contributed by atoms with Crippen molar-refractivity contribution >= 4 is 5.69 Å². The van der Waals surface area contributed by atoms with Gasteiger partial charge < -0.3 is 4.74 Å². The molecule has 0 amide bonds. The Labute approximate surface area is 72.3 Å². The van der Waals surface area contributed by atoms with Crippen LogP contribution in [0.25, 0.3) is 0 Å². The highest BCUT2D eigenvalue weighted by Gasteiger charge is 1.98. The van der Waals surface area contributed by atoms with Gasteiger partial charge in [0.2, 0.25) is 0 Å². The molecule has 1 rings (SSSR count). The van der Waals surface area contributed by atoms with Gasteiger partial charge in [-0.1, -0.05) is 18.2 Å². The first-order chi connectivity index (χ1) is 5.88. The van der Waals surface area contributed by atoms with Crippen molar-refractivity contribution in [2.24, 2.45) is 0 Å². The van der Waals surface area contributed by atoms with Crippen molar-refractivity contribution in [1.82, 2.24) is 0 Å². The molecule has 0 radical (unpaired) electrons. The Morgan fingerprint density at radius 2 is 2.00 bits per heavy atom. The molecular formula is C9H13NO2. The predicted molar refractivity (Wildman–Crippen MR) is 47.8 cm³/mol. The summed E-state index contributed by atoms with van der Waals surface area (Å²) >= 11 is 0. The largest absolute Gasteiger partial charge is 0.380 e. The average molecular weight is 167 g/mol. The van der Waals surface area contributed by atoms with Crippen LogP contribution in [0.15, 0.2) is 24.3 Å². The monoisotopic (exact) mass is 167 g/mol. The van der Waals surface area contributed by atoms with Gasteiger partial charge in [0.05, 0.1) is 19.4 Å². The van der Waals surface area contributed by atoms with Crippen LogP contribution in [-0.4, -0.2) is 14.2 Å². The average Bonchev–Trinajstić information content (AvgIpc) is 2.09. The Bertz CT molecular complexity index is 213. The molecule has 3 nitrogen and oxygen atoms in total. The molecule has 0 fully saturated rings. The Morgan fingerprint density at radius 1 is 1.25 bits per heavy atom. The first-order valence-corrected chi connectivity index (χ1v) is 3.74. The van der Waals surface area contributed by atoms with Gasteiger partial charge >= 0.3 is 0 Å². The van der Waals surface area contributed by atoms with Crippen LogP contribution in [0.1, 0.15) is 5.56 Å². The van der Waals surface area contributed by atoms with Crippen LogP contribution >= 0.6 is 0 Å². The van der Waals surface area contributed by atoms with Gasteiger partial charge in [0, 0.05) is 12.7 Å². The molecule has 1 aromatic rings. The van der Waals surface area contributed by atoms with Gasteiger partial charge in [0.25, 0.3) is 0 Å². The van der Waals surface area contributed by atoms with Crippen LogP contribution in [0.4, 0.5) is 5.69 Å². The summed E-state index contributed by atoms with van der Waals surface area (Å²) < 4.78 is 5.02. The fourth-order valence-electron chi connectivity index (χ4n) is 1.01. The summed E-state index contributed by atoms with van der Waals surface area (Å²) in [6, 6.07) is 7.85. The second-order valence-electron chi connectivity index (χ2n) is 2.40. The molecule has 12 heavy (non-hydrogen) atoms. The summed E-state index contributed by atoms with van der Waals surface area (Å²) in [5.41, 5.74) is 4.81. The number of benzene rings is 1. The number of para-hydroxylation sites is 1. The van der Waals surface area contributed by atoms with Crippen LogP contribution in [0.5, 0.6) is 0 Å². The molecule has 0 unspecified atom stereocenters. The van der Waals surface area contributed by atoms with E-state index >= 15 is 0 Å². The van der Waals surface area contributed by atoms with Gasteiger partial charge in [-0.05, 0) is 6.07 Å². The highest BCUT2D eigenvalue weighted by atomic mass is 16.6. The molecule has 0 atom stereocenters. The summed E-state index contributed by atoms with van der Waals surface area (Å²) in [6.07, 6.45) is 0. The molecular weight excluding hydrogens is 154 g/mol. The summed E-state index contributed by atoms with van der Waals surface area (Å²) in [6.45, 7) is 0.590. The lowest BCUT2D eigenvalue weighted by Gasteiger charge is -2.08. The standard InChI is InChI=1S/C9H13NO2/c1-11-7-8-5-3-4-6-9(8)10-12-2/h3-6,10H,7H2,1-2H3. The zero-order valence-electron chi connectivity index (χ0n) is 7.33. The van der Waals surface area contributed by atoms with E-state index in [1.165, 1.54) is 0 Å². The minimum absolute atomic E-state index is 0.590. The van der Waals surface area contributed by atoms with Crippen molar-refractivity contribution in [3.05, 3.63) is 29.8 Å². The van der Waals surface area contributed by atoms with E-state index in [4.69, 9.17) is 9.57 Å². The lowest BCUT2D eigenvalue weighted by molar-refractivity contribution is 0.184. The lowest BCUT2D eigenvalue weighted by Crippen LogP contribution is -2.00. The van der Waals surface area contributed by atoms with Gasteiger partial charge in [-0.25, -0.2) is 0 Å². The highest BCUT2D eigenvalue weighted by Crippen LogP contribution is 2.15. The molecule has 0 bridgehead atoms. The second kappa shape index (κ2) is 4.74. The lowest BCUT2D eigenvalue weighted by atomic mass is 10.2. The molecule has 0 aromatic heterocycles. The third kappa shape index (κ3) is 2.22. The van der Waals surface area contributed by atoms with E-state index < -0.39 is 0 Å². The van der Waals surface area contributed by atoms with Crippen LogP contribution in [0, 0.1) is 0 Å². The molecule has 0 saturated heterocycles. The summed E-state index contributed by atoms with van der Waals surface area (Å²) in [7, 11) is 3.26. The number of hydrogen-bond donors (Lipinski definition) is 1. The minimum Gasteiger partial charge on any atom is -0.380 e. The van der Waals surface area contributed by atoms with Gasteiger partial charge in [-0.3, -0.25) is 10.3 Å². The maximum Gasteiger partial charge on any atom is 0.0734 e. The van der Waals surface area contributed by atoms with E-state index in [-0.39, 0.29) is 0 Å². The van der Waals surface area contributed by atoms with Crippen molar-refractivity contribution in [3.63, 3.8) is 0 Å². The Balaban J connectivity index is 2.77. The third-order valence-electron chi connectivity index (χ3n) is 1.53. The number of rotatable bonds is 4. The van der Waals surface area contributed by atoms with Crippen molar-refractivity contribution < 1.29 is 9.57 Å². The van der Waals surface area contributed by atoms with E-state index in [1.54, 1.807) is 14.2 Å². The van der Waals surface area contributed by atoms with Crippen molar-refractivity contribution in [1.29, 1.82) is 0 Å². The van der Waals surface area contributed by atoms with Gasteiger partial charge in [0.15, 0.2) is 0 Å². The van der Waals surface area contributed by atoms with Crippen molar-refractivity contribution in [2.45, 2.75) is 6.61 Å². The molecule has 1 N–H and O–H groups in total. The maximum absolute atomic E-state index is 5.02. The quantitative estimate of drug-likeness (QED) is 0.694. The van der Waals surface area contributed by atoms with E-state index in [0.29, 0.717) is 6.61 Å². The number of ether oxygens (including phenoxy) is 1. The first kappa shape index (κ1) is 9.03. The van der Waals surface area contributed by atoms with Crippen LogP contribution in [0.3, 0.4) is 0 Å². The Hall–Kier alpha value is -1.06. The smallest absolute Gasteiger partial charge is 0.0734 e. The van der Waals surface area contributed by atoms with E-state index in [2.05, 4.69) is 5.48 Å². The van der Waals surface area contributed by atoms with Crippen LogP contribution in [-0.2, 0) is 16.2 Å². The fraction of sp³-hybridized carbons (Fsp3) is 0.333. The molecule has 1 aromatic carbocycles. The van der Waals surface area contributed by atoms with E-state index in [0.717, 1.165) is 11.3 Å². The molecule has 0 aliphatic heterocycles. The fourth-order valence-corrected chi connectivity index (χ4v) is 1.01. The van der Waals surface area contributed by atoms with Crippen molar-refractivity contribution in [2.75, 3.05) is 19.7 Å². The molecule has 0 aliphatic rings. The SMILES string of the molecule is COCc1ccccc1NOC. The highest BCUT2D eigenvalue weighted by molar-refractivity contribution is 5.48. The summed E-state index contributed by atoms with van der Waals surface area (Å²) in [5, 5.41) is 0. The van der Waals surface area contributed by atoms with Crippen molar-refractivity contribution in [3.8, 4) is 0 Å². The van der Waals surface area contributed by atoms with E-state index in [1.807, 2.05) is 24.3 Å². The zero-order chi connectivity index (χ0) is 8.81. The molecule has 0 heterocycles. The second-order valence-corrected chi connectivity index (χ2v) is 2.40. The molecule has 0 saturated carbocycles. The Kier molecular flexibility index (Phi) is 3.57. The number of methoxy groups -OCH3 is 1. The first-order valence-electron chi connectivity index (χ1n) is 3.74. The minimum atomic E-state index is 0.590. The summed E-state index contributed by atoms with van der Waals surface area (Å²) in [4.78, 5) is 4.81. The van der Waals surface area contributed by atoms with Crippen LogP contribution < -0.4 is 5.48 Å². The molecule has 66 valence electrons. The predicted octanol–water partition coefficient (Wildman–Crippen LogP) is 1.81. The topological polar surface area (TPSA) is 30.5 Å².